The van der Waals surface area contributed by atoms with Crippen LogP contribution in [0.1, 0.15) is 11.1 Å². The molecule has 112 valence electrons. The van der Waals surface area contributed by atoms with Crippen molar-refractivity contribution in [1.82, 2.24) is 0 Å². The molecule has 0 bridgehead atoms. The topological polar surface area (TPSA) is 9.23 Å². The fourth-order valence-electron chi connectivity index (χ4n) is 2.31. The third kappa shape index (κ3) is 4.72. The summed E-state index contributed by atoms with van der Waals surface area (Å²) in [6.45, 7) is 0. The van der Waals surface area contributed by atoms with Crippen LogP contribution in [0, 0.1) is 11.7 Å². The number of alkyl halides is 1. The molecule has 1 nitrogen and oxygen atoms in total. The van der Waals surface area contributed by atoms with Gasteiger partial charge in [0.05, 0.1) is 12.1 Å². The summed E-state index contributed by atoms with van der Waals surface area (Å²) in [5, 5.41) is 1.02. The van der Waals surface area contributed by atoms with E-state index in [0.717, 1.165) is 29.5 Å². The highest BCUT2D eigenvalue weighted by Crippen LogP contribution is 2.22. The molecule has 1 unspecified atom stereocenters. The predicted octanol–water partition coefficient (Wildman–Crippen LogP) is 5.28. The van der Waals surface area contributed by atoms with Crippen LogP contribution in [0.4, 0.5) is 4.39 Å². The van der Waals surface area contributed by atoms with Gasteiger partial charge in [-0.05, 0) is 54.2 Å². The van der Waals surface area contributed by atoms with Gasteiger partial charge in [0.15, 0.2) is 0 Å². The van der Waals surface area contributed by atoms with Gasteiger partial charge in [-0.1, -0.05) is 45.7 Å². The lowest BCUT2D eigenvalue weighted by Gasteiger charge is -2.15. The van der Waals surface area contributed by atoms with E-state index in [1.54, 1.807) is 13.2 Å². The first-order valence-corrected chi connectivity index (χ1v) is 8.25. The maximum absolute atomic E-state index is 13.5. The van der Waals surface area contributed by atoms with Crippen LogP contribution >= 0.6 is 27.5 Å². The molecule has 0 aliphatic carbocycles. The average Bonchev–Trinajstić information content (AvgIpc) is 2.50. The van der Waals surface area contributed by atoms with Crippen molar-refractivity contribution in [1.29, 1.82) is 0 Å². The van der Waals surface area contributed by atoms with E-state index in [1.165, 1.54) is 11.6 Å². The molecule has 1 atom stereocenters. The Morgan fingerprint density at radius 3 is 2.48 bits per heavy atom. The van der Waals surface area contributed by atoms with Gasteiger partial charge in [-0.2, -0.15) is 0 Å². The number of hydrogen-bond acceptors (Lipinski definition) is 1. The van der Waals surface area contributed by atoms with Crippen LogP contribution in [0.5, 0.6) is 5.75 Å². The maximum Gasteiger partial charge on any atom is 0.142 e. The van der Waals surface area contributed by atoms with Gasteiger partial charge in [0, 0.05) is 5.33 Å². The van der Waals surface area contributed by atoms with E-state index in [2.05, 4.69) is 22.0 Å². The smallest absolute Gasteiger partial charge is 0.142 e. The van der Waals surface area contributed by atoms with Crippen molar-refractivity contribution in [2.24, 2.45) is 5.92 Å². The molecule has 0 fully saturated rings. The molecule has 0 radical (unpaired) electrons. The van der Waals surface area contributed by atoms with E-state index in [1.807, 2.05) is 24.3 Å². The van der Waals surface area contributed by atoms with Crippen molar-refractivity contribution in [3.63, 3.8) is 0 Å². The molecule has 2 aromatic carbocycles. The largest absolute Gasteiger partial charge is 0.497 e. The second-order valence-electron chi connectivity index (χ2n) is 5.03. The molecule has 4 heteroatoms. The zero-order valence-corrected chi connectivity index (χ0v) is 14.1. The molecule has 0 heterocycles. The minimum Gasteiger partial charge on any atom is -0.497 e. The molecule has 0 amide bonds. The van der Waals surface area contributed by atoms with Gasteiger partial charge in [-0.15, -0.1) is 0 Å². The third-order valence-corrected chi connectivity index (χ3v) is 4.61. The first kappa shape index (κ1) is 16.3. The van der Waals surface area contributed by atoms with E-state index in [4.69, 9.17) is 16.3 Å². The fraction of sp³-hybridized carbons (Fsp3) is 0.294. The zero-order valence-electron chi connectivity index (χ0n) is 11.8. The van der Waals surface area contributed by atoms with Crippen LogP contribution in [0.3, 0.4) is 0 Å². The van der Waals surface area contributed by atoms with Crippen LogP contribution in [-0.2, 0) is 12.8 Å². The highest BCUT2D eigenvalue weighted by atomic mass is 79.9. The summed E-state index contributed by atoms with van der Waals surface area (Å²) >= 11 is 9.26. The van der Waals surface area contributed by atoms with Gasteiger partial charge in [0.1, 0.15) is 11.6 Å². The summed E-state index contributed by atoms with van der Waals surface area (Å²) in [4.78, 5) is 0. The van der Waals surface area contributed by atoms with Crippen molar-refractivity contribution >= 4 is 27.5 Å². The van der Waals surface area contributed by atoms with Crippen LogP contribution in [0.15, 0.2) is 42.5 Å². The van der Waals surface area contributed by atoms with E-state index >= 15 is 0 Å². The van der Waals surface area contributed by atoms with Crippen molar-refractivity contribution in [3.8, 4) is 5.75 Å². The molecule has 2 rings (SSSR count). The second kappa shape index (κ2) is 7.81. The summed E-state index contributed by atoms with van der Waals surface area (Å²) in [5.74, 6) is 0.889. The fourth-order valence-corrected chi connectivity index (χ4v) is 2.89. The van der Waals surface area contributed by atoms with Gasteiger partial charge >= 0.3 is 0 Å². The summed E-state index contributed by atoms with van der Waals surface area (Å²) in [7, 11) is 1.66. The normalized spacial score (nSPS) is 12.2. The Kier molecular flexibility index (Phi) is 6.07. The quantitative estimate of drug-likeness (QED) is 0.627. The molecular weight excluding hydrogens is 355 g/mol. The Labute approximate surface area is 138 Å². The molecule has 0 aliphatic heterocycles. The molecule has 0 saturated carbocycles. The first-order valence-electron chi connectivity index (χ1n) is 6.75. The third-order valence-electron chi connectivity index (χ3n) is 3.39. The summed E-state index contributed by atoms with van der Waals surface area (Å²) in [6.07, 6.45) is 1.71. The van der Waals surface area contributed by atoms with Crippen molar-refractivity contribution in [2.75, 3.05) is 12.4 Å². The lowest BCUT2D eigenvalue weighted by Crippen LogP contribution is -2.10. The minimum atomic E-state index is -0.358. The van der Waals surface area contributed by atoms with E-state index in [0.29, 0.717) is 5.92 Å². The monoisotopic (exact) mass is 370 g/mol. The van der Waals surface area contributed by atoms with Crippen molar-refractivity contribution in [2.45, 2.75) is 12.8 Å². The van der Waals surface area contributed by atoms with Gasteiger partial charge in [0.25, 0.3) is 0 Å². The molecule has 0 aliphatic rings. The first-order chi connectivity index (χ1) is 10.1. The number of methoxy groups -OCH3 is 1. The summed E-state index contributed by atoms with van der Waals surface area (Å²) in [6, 6.07) is 13.1. The van der Waals surface area contributed by atoms with Gasteiger partial charge in [0.2, 0.25) is 0 Å². The lowest BCUT2D eigenvalue weighted by atomic mass is 9.94. The Balaban J connectivity index is 2.07. The van der Waals surface area contributed by atoms with E-state index in [9.17, 15) is 4.39 Å². The Morgan fingerprint density at radius 2 is 1.86 bits per heavy atom. The van der Waals surface area contributed by atoms with Gasteiger partial charge < -0.3 is 4.74 Å². The number of hydrogen-bond donors (Lipinski definition) is 0. The number of ether oxygens (including phenoxy) is 1. The molecule has 0 spiro atoms. The van der Waals surface area contributed by atoms with Crippen molar-refractivity contribution in [3.05, 3.63) is 64.4 Å². The Bertz CT molecular complexity index is 603. The van der Waals surface area contributed by atoms with Crippen molar-refractivity contribution < 1.29 is 9.13 Å². The summed E-state index contributed by atoms with van der Waals surface area (Å²) < 4.78 is 18.7. The summed E-state index contributed by atoms with van der Waals surface area (Å²) in [5.41, 5.74) is 2.18. The van der Waals surface area contributed by atoms with Crippen LogP contribution in [0.2, 0.25) is 5.02 Å². The van der Waals surface area contributed by atoms with E-state index in [-0.39, 0.29) is 10.8 Å². The molecule has 2 aromatic rings. The van der Waals surface area contributed by atoms with Crippen LogP contribution < -0.4 is 4.74 Å². The van der Waals surface area contributed by atoms with Gasteiger partial charge in [-0.3, -0.25) is 0 Å². The minimum absolute atomic E-state index is 0.168. The molecule has 0 saturated heterocycles. The Hall–Kier alpha value is -1.06. The maximum atomic E-state index is 13.5. The highest BCUT2D eigenvalue weighted by Gasteiger charge is 2.11. The SMILES string of the molecule is COc1cccc(CC(CBr)Cc2ccc(Cl)c(F)c2)c1. The lowest BCUT2D eigenvalue weighted by molar-refractivity contribution is 0.414. The number of rotatable bonds is 6. The zero-order chi connectivity index (χ0) is 15.2. The number of benzene rings is 2. The number of halogens is 3. The second-order valence-corrected chi connectivity index (χ2v) is 6.08. The Morgan fingerprint density at radius 1 is 1.14 bits per heavy atom. The van der Waals surface area contributed by atoms with Crippen LogP contribution in [0.25, 0.3) is 0 Å². The molecular formula is C17H17BrClFO. The molecule has 0 aromatic heterocycles. The highest BCUT2D eigenvalue weighted by molar-refractivity contribution is 9.09. The van der Waals surface area contributed by atoms with Gasteiger partial charge in [-0.25, -0.2) is 4.39 Å². The van der Waals surface area contributed by atoms with Crippen LogP contribution in [-0.4, -0.2) is 12.4 Å². The predicted molar refractivity (Wildman–Crippen MR) is 89.1 cm³/mol. The van der Waals surface area contributed by atoms with E-state index < -0.39 is 0 Å². The molecule has 0 N–H and O–H groups in total. The molecule has 21 heavy (non-hydrogen) atoms. The average molecular weight is 372 g/mol. The standard InChI is InChI=1S/C17H17BrClFO/c1-21-15-4-2-3-12(9-15)7-14(11-18)8-13-5-6-16(19)17(20)10-13/h2-6,9-10,14H,7-8,11H2,1H3.